The maximum atomic E-state index is 13.6. The van der Waals surface area contributed by atoms with E-state index in [1.807, 2.05) is 13.0 Å². The van der Waals surface area contributed by atoms with Crippen LogP contribution in [0, 0.1) is 12.7 Å². The summed E-state index contributed by atoms with van der Waals surface area (Å²) in [6.45, 7) is 1.84. The number of aryl methyl sites for hydroxylation is 1. The van der Waals surface area contributed by atoms with Crippen LogP contribution in [0.5, 0.6) is 0 Å². The lowest BCUT2D eigenvalue weighted by atomic mass is 10.1. The first-order chi connectivity index (χ1) is 8.08. The van der Waals surface area contributed by atoms with Crippen molar-refractivity contribution in [1.82, 2.24) is 0 Å². The minimum absolute atomic E-state index is 0.330. The molecular formula is C13H11Cl2FO. The van der Waals surface area contributed by atoms with Gasteiger partial charge < -0.3 is 4.42 Å². The average Bonchev–Trinajstić information content (AvgIpc) is 2.70. The van der Waals surface area contributed by atoms with Crippen LogP contribution < -0.4 is 0 Å². The highest BCUT2D eigenvalue weighted by atomic mass is 35.5. The lowest BCUT2D eigenvalue weighted by Gasteiger charge is -2.09. The molecule has 2 aromatic rings. The summed E-state index contributed by atoms with van der Waals surface area (Å²) < 4.78 is 18.7. The van der Waals surface area contributed by atoms with Gasteiger partial charge in [0.15, 0.2) is 0 Å². The third-order valence-electron chi connectivity index (χ3n) is 2.56. The Morgan fingerprint density at radius 3 is 2.76 bits per heavy atom. The Balaban J connectivity index is 2.21. The maximum Gasteiger partial charge on any atom is 0.127 e. The Labute approximate surface area is 109 Å². The summed E-state index contributed by atoms with van der Waals surface area (Å²) in [5.74, 6) is 0.452. The monoisotopic (exact) mass is 272 g/mol. The number of benzene rings is 1. The Morgan fingerprint density at radius 2 is 2.18 bits per heavy atom. The molecule has 1 atom stereocenters. The van der Waals surface area contributed by atoms with Crippen LogP contribution in [0.15, 0.2) is 34.9 Å². The second kappa shape index (κ2) is 5.11. The van der Waals surface area contributed by atoms with Gasteiger partial charge in [-0.3, -0.25) is 0 Å². The van der Waals surface area contributed by atoms with Crippen LogP contribution in [-0.2, 0) is 6.42 Å². The van der Waals surface area contributed by atoms with Crippen molar-refractivity contribution in [2.24, 2.45) is 0 Å². The molecule has 1 unspecified atom stereocenters. The van der Waals surface area contributed by atoms with Crippen LogP contribution in [0.25, 0.3) is 0 Å². The first-order valence-corrected chi connectivity index (χ1v) is 6.01. The fourth-order valence-corrected chi connectivity index (χ4v) is 2.16. The molecule has 0 amide bonds. The molecule has 4 heteroatoms. The standard InChI is InChI=1S/C13H11Cl2FO/c1-8-5-9(7-17-8)12(15)6-10-11(14)3-2-4-13(10)16/h2-5,7,12H,6H2,1H3. The van der Waals surface area contributed by atoms with Crippen molar-refractivity contribution in [2.75, 3.05) is 0 Å². The van der Waals surface area contributed by atoms with Crippen LogP contribution in [0.2, 0.25) is 5.02 Å². The average molecular weight is 273 g/mol. The molecule has 0 aliphatic carbocycles. The molecule has 0 spiro atoms. The summed E-state index contributed by atoms with van der Waals surface area (Å²) in [5, 5.41) is 0.0534. The van der Waals surface area contributed by atoms with E-state index in [1.54, 1.807) is 18.4 Å². The number of furan rings is 1. The van der Waals surface area contributed by atoms with E-state index < -0.39 is 0 Å². The van der Waals surface area contributed by atoms with Crippen molar-refractivity contribution in [3.63, 3.8) is 0 Å². The summed E-state index contributed by atoms with van der Waals surface area (Å²) >= 11 is 12.2. The van der Waals surface area contributed by atoms with Crippen molar-refractivity contribution < 1.29 is 8.81 Å². The molecule has 0 bridgehead atoms. The van der Waals surface area contributed by atoms with Gasteiger partial charge in [0.1, 0.15) is 11.6 Å². The highest BCUT2D eigenvalue weighted by Crippen LogP contribution is 2.30. The molecule has 1 heterocycles. The Hall–Kier alpha value is -0.990. The van der Waals surface area contributed by atoms with Crippen molar-refractivity contribution >= 4 is 23.2 Å². The highest BCUT2D eigenvalue weighted by Gasteiger charge is 2.16. The molecule has 17 heavy (non-hydrogen) atoms. The molecule has 0 aliphatic heterocycles. The van der Waals surface area contributed by atoms with Gasteiger partial charge in [0.2, 0.25) is 0 Å². The molecule has 0 saturated heterocycles. The molecule has 0 fully saturated rings. The summed E-state index contributed by atoms with van der Waals surface area (Å²) in [4.78, 5) is 0. The third-order valence-corrected chi connectivity index (χ3v) is 3.32. The molecule has 1 aromatic heterocycles. The molecule has 2 rings (SSSR count). The van der Waals surface area contributed by atoms with Gasteiger partial charge >= 0.3 is 0 Å². The van der Waals surface area contributed by atoms with E-state index in [9.17, 15) is 4.39 Å². The lowest BCUT2D eigenvalue weighted by molar-refractivity contribution is 0.531. The molecule has 0 saturated carbocycles. The topological polar surface area (TPSA) is 13.1 Å². The molecule has 0 aliphatic rings. The SMILES string of the molecule is Cc1cc(C(Cl)Cc2c(F)cccc2Cl)co1. The molecule has 0 radical (unpaired) electrons. The predicted molar refractivity (Wildman–Crippen MR) is 67.2 cm³/mol. The van der Waals surface area contributed by atoms with Crippen LogP contribution >= 0.6 is 23.2 Å². The zero-order valence-electron chi connectivity index (χ0n) is 9.21. The molecular weight excluding hydrogens is 262 g/mol. The van der Waals surface area contributed by atoms with Crippen molar-refractivity contribution in [2.45, 2.75) is 18.7 Å². The van der Waals surface area contributed by atoms with Crippen LogP contribution in [0.4, 0.5) is 4.39 Å². The van der Waals surface area contributed by atoms with Gasteiger partial charge in [0.05, 0.1) is 11.6 Å². The summed E-state index contributed by atoms with van der Waals surface area (Å²) in [6.07, 6.45) is 1.92. The van der Waals surface area contributed by atoms with E-state index in [0.717, 1.165) is 11.3 Å². The van der Waals surface area contributed by atoms with E-state index in [0.29, 0.717) is 17.0 Å². The van der Waals surface area contributed by atoms with Gasteiger partial charge in [-0.05, 0) is 31.5 Å². The molecule has 0 N–H and O–H groups in total. The Morgan fingerprint density at radius 1 is 1.41 bits per heavy atom. The lowest BCUT2D eigenvalue weighted by Crippen LogP contribution is -1.98. The summed E-state index contributed by atoms with van der Waals surface area (Å²) in [6, 6.07) is 6.45. The van der Waals surface area contributed by atoms with E-state index in [4.69, 9.17) is 27.6 Å². The number of alkyl halides is 1. The minimum atomic E-state index is -0.346. The minimum Gasteiger partial charge on any atom is -0.469 e. The second-order valence-corrected chi connectivity index (χ2v) is 4.80. The van der Waals surface area contributed by atoms with E-state index in [-0.39, 0.29) is 11.2 Å². The van der Waals surface area contributed by atoms with E-state index in [2.05, 4.69) is 0 Å². The number of hydrogen-bond donors (Lipinski definition) is 0. The van der Waals surface area contributed by atoms with Gasteiger partial charge in [0.25, 0.3) is 0 Å². The Bertz CT molecular complexity index is 502. The molecule has 1 aromatic carbocycles. The zero-order valence-corrected chi connectivity index (χ0v) is 10.7. The zero-order chi connectivity index (χ0) is 12.4. The maximum absolute atomic E-state index is 13.6. The number of rotatable bonds is 3. The first kappa shape index (κ1) is 12.5. The smallest absolute Gasteiger partial charge is 0.127 e. The normalized spacial score (nSPS) is 12.7. The van der Waals surface area contributed by atoms with Gasteiger partial charge in [-0.1, -0.05) is 17.7 Å². The quantitative estimate of drug-likeness (QED) is 0.725. The number of halogens is 3. The number of hydrogen-bond acceptors (Lipinski definition) is 1. The largest absolute Gasteiger partial charge is 0.469 e. The third kappa shape index (κ3) is 2.82. The first-order valence-electron chi connectivity index (χ1n) is 5.20. The Kier molecular flexibility index (Phi) is 3.75. The van der Waals surface area contributed by atoms with E-state index in [1.165, 1.54) is 6.07 Å². The second-order valence-electron chi connectivity index (χ2n) is 3.86. The van der Waals surface area contributed by atoms with Crippen molar-refractivity contribution in [3.8, 4) is 0 Å². The van der Waals surface area contributed by atoms with Gasteiger partial charge in [-0.2, -0.15) is 0 Å². The molecule has 90 valence electrons. The molecule has 1 nitrogen and oxygen atoms in total. The summed E-state index contributed by atoms with van der Waals surface area (Å²) in [7, 11) is 0. The van der Waals surface area contributed by atoms with E-state index >= 15 is 0 Å². The predicted octanol–water partition coefficient (Wildman–Crippen LogP) is 4.90. The van der Waals surface area contributed by atoms with Gasteiger partial charge in [0, 0.05) is 16.1 Å². The van der Waals surface area contributed by atoms with Crippen LogP contribution in [0.1, 0.15) is 22.3 Å². The van der Waals surface area contributed by atoms with Gasteiger partial charge in [-0.25, -0.2) is 4.39 Å². The highest BCUT2D eigenvalue weighted by molar-refractivity contribution is 6.31. The van der Waals surface area contributed by atoms with Crippen LogP contribution in [-0.4, -0.2) is 0 Å². The van der Waals surface area contributed by atoms with Crippen LogP contribution in [0.3, 0.4) is 0 Å². The fraction of sp³-hybridized carbons (Fsp3) is 0.231. The fourth-order valence-electron chi connectivity index (χ4n) is 1.65. The summed E-state index contributed by atoms with van der Waals surface area (Å²) in [5.41, 5.74) is 1.27. The van der Waals surface area contributed by atoms with Crippen molar-refractivity contribution in [3.05, 3.63) is 58.3 Å². The van der Waals surface area contributed by atoms with Crippen molar-refractivity contribution in [1.29, 1.82) is 0 Å². The van der Waals surface area contributed by atoms with Gasteiger partial charge in [-0.15, -0.1) is 11.6 Å².